The molecular formula is C20H20F3NO3. The third-order valence-corrected chi connectivity index (χ3v) is 4.53. The zero-order valence-corrected chi connectivity index (χ0v) is 15.0. The molecule has 1 heterocycles. The van der Waals surface area contributed by atoms with Gasteiger partial charge in [0.15, 0.2) is 11.5 Å². The molecule has 144 valence electrons. The smallest absolute Gasteiger partial charge is 0.416 e. The number of carbonyl (C=O) groups is 1. The van der Waals surface area contributed by atoms with Gasteiger partial charge in [-0.2, -0.15) is 13.2 Å². The highest BCUT2D eigenvalue weighted by molar-refractivity contribution is 5.78. The van der Waals surface area contributed by atoms with Crippen molar-refractivity contribution in [2.75, 3.05) is 13.3 Å². The standard InChI is InChI=1S/C20H20F3NO3/c1-19(2,15-7-8-16-17(10-15)27-12-26-16)11-24-18(25)9-13-3-5-14(6-4-13)20(21,22)23/h3-8,10H,9,11-12H2,1-2H3,(H,24,25). The molecule has 0 aromatic heterocycles. The minimum Gasteiger partial charge on any atom is -0.454 e. The molecule has 0 aliphatic carbocycles. The molecule has 0 fully saturated rings. The molecule has 3 rings (SSSR count). The van der Waals surface area contributed by atoms with Crippen LogP contribution in [-0.2, 0) is 22.8 Å². The van der Waals surface area contributed by atoms with Gasteiger partial charge in [-0.1, -0.05) is 32.0 Å². The van der Waals surface area contributed by atoms with E-state index in [1.807, 2.05) is 32.0 Å². The Balaban J connectivity index is 1.58. The monoisotopic (exact) mass is 379 g/mol. The Morgan fingerprint density at radius 1 is 1.00 bits per heavy atom. The van der Waals surface area contributed by atoms with Crippen molar-refractivity contribution in [3.8, 4) is 11.5 Å². The van der Waals surface area contributed by atoms with Crippen LogP contribution in [-0.4, -0.2) is 19.2 Å². The van der Waals surface area contributed by atoms with Crippen LogP contribution in [0.5, 0.6) is 11.5 Å². The molecule has 0 bridgehead atoms. The summed E-state index contributed by atoms with van der Waals surface area (Å²) < 4.78 is 48.4. The normalized spacial score (nSPS) is 13.5. The Morgan fingerprint density at radius 2 is 1.63 bits per heavy atom. The number of carbonyl (C=O) groups excluding carboxylic acids is 1. The molecule has 0 saturated heterocycles. The average Bonchev–Trinajstić information content (AvgIpc) is 3.07. The molecule has 27 heavy (non-hydrogen) atoms. The third-order valence-electron chi connectivity index (χ3n) is 4.53. The molecule has 2 aromatic carbocycles. The van der Waals surface area contributed by atoms with E-state index in [-0.39, 0.29) is 24.5 Å². The topological polar surface area (TPSA) is 47.6 Å². The molecule has 0 unspecified atom stereocenters. The van der Waals surface area contributed by atoms with Gasteiger partial charge in [0.25, 0.3) is 0 Å². The Morgan fingerprint density at radius 3 is 2.30 bits per heavy atom. The lowest BCUT2D eigenvalue weighted by molar-refractivity contribution is -0.137. The van der Waals surface area contributed by atoms with E-state index in [0.29, 0.717) is 23.6 Å². The van der Waals surface area contributed by atoms with Crippen molar-refractivity contribution < 1.29 is 27.4 Å². The molecule has 0 spiro atoms. The fraction of sp³-hybridized carbons (Fsp3) is 0.350. The number of alkyl halides is 3. The van der Waals surface area contributed by atoms with E-state index < -0.39 is 11.7 Å². The Labute approximate surface area is 155 Å². The second-order valence-electron chi connectivity index (χ2n) is 7.10. The maximum Gasteiger partial charge on any atom is 0.416 e. The van der Waals surface area contributed by atoms with Crippen molar-refractivity contribution >= 4 is 5.91 Å². The van der Waals surface area contributed by atoms with Gasteiger partial charge < -0.3 is 14.8 Å². The number of nitrogens with one attached hydrogen (secondary N) is 1. The molecule has 0 radical (unpaired) electrons. The SMILES string of the molecule is CC(C)(CNC(=O)Cc1ccc(C(F)(F)F)cc1)c1ccc2c(c1)OCO2. The van der Waals surface area contributed by atoms with Crippen molar-refractivity contribution in [3.05, 3.63) is 59.2 Å². The summed E-state index contributed by atoms with van der Waals surface area (Å²) >= 11 is 0. The van der Waals surface area contributed by atoms with Gasteiger partial charge in [-0.3, -0.25) is 4.79 Å². The number of ether oxygens (including phenoxy) is 2. The zero-order chi connectivity index (χ0) is 19.7. The summed E-state index contributed by atoms with van der Waals surface area (Å²) in [6.45, 7) is 4.56. The number of amides is 1. The summed E-state index contributed by atoms with van der Waals surface area (Å²) in [4.78, 5) is 12.2. The number of fused-ring (bicyclic) bond motifs is 1. The maximum absolute atomic E-state index is 12.6. The van der Waals surface area contributed by atoms with Crippen LogP contribution in [0.4, 0.5) is 13.2 Å². The number of halogens is 3. The van der Waals surface area contributed by atoms with Crippen molar-refractivity contribution in [2.24, 2.45) is 0 Å². The van der Waals surface area contributed by atoms with E-state index in [4.69, 9.17) is 9.47 Å². The zero-order valence-electron chi connectivity index (χ0n) is 15.0. The first-order valence-corrected chi connectivity index (χ1v) is 8.48. The minimum absolute atomic E-state index is 0.0232. The largest absolute Gasteiger partial charge is 0.454 e. The van der Waals surface area contributed by atoms with E-state index in [9.17, 15) is 18.0 Å². The minimum atomic E-state index is -4.38. The molecule has 7 heteroatoms. The molecule has 1 aliphatic rings. The Bertz CT molecular complexity index is 829. The third kappa shape index (κ3) is 4.53. The molecular weight excluding hydrogens is 359 g/mol. The predicted octanol–water partition coefficient (Wildman–Crippen LogP) is 4.07. The fourth-order valence-electron chi connectivity index (χ4n) is 2.80. The highest BCUT2D eigenvalue weighted by Crippen LogP contribution is 2.36. The summed E-state index contributed by atoms with van der Waals surface area (Å²) in [5.41, 5.74) is 0.440. The van der Waals surface area contributed by atoms with Gasteiger partial charge in [0.2, 0.25) is 12.7 Å². The van der Waals surface area contributed by atoms with Crippen LogP contribution in [0.2, 0.25) is 0 Å². The molecule has 1 N–H and O–H groups in total. The van der Waals surface area contributed by atoms with E-state index in [1.54, 1.807) is 0 Å². The van der Waals surface area contributed by atoms with Gasteiger partial charge in [-0.25, -0.2) is 0 Å². The van der Waals surface area contributed by atoms with E-state index in [0.717, 1.165) is 17.7 Å². The van der Waals surface area contributed by atoms with Gasteiger partial charge in [-0.15, -0.1) is 0 Å². The molecule has 2 aromatic rings. The van der Waals surface area contributed by atoms with E-state index in [1.165, 1.54) is 12.1 Å². The van der Waals surface area contributed by atoms with Crippen LogP contribution < -0.4 is 14.8 Å². The Kier molecular flexibility index (Phi) is 5.04. The predicted molar refractivity (Wildman–Crippen MR) is 93.7 cm³/mol. The lowest BCUT2D eigenvalue weighted by Gasteiger charge is -2.26. The molecule has 0 atom stereocenters. The van der Waals surface area contributed by atoms with Gasteiger partial charge in [-0.05, 0) is 35.4 Å². The quantitative estimate of drug-likeness (QED) is 0.852. The van der Waals surface area contributed by atoms with Crippen LogP contribution >= 0.6 is 0 Å². The molecule has 1 aliphatic heterocycles. The second-order valence-corrected chi connectivity index (χ2v) is 7.10. The van der Waals surface area contributed by atoms with Gasteiger partial charge in [0.05, 0.1) is 12.0 Å². The first kappa shape index (κ1) is 19.1. The molecule has 1 amide bonds. The molecule has 0 saturated carbocycles. The summed E-state index contributed by atoms with van der Waals surface area (Å²) in [5, 5.41) is 2.85. The number of benzene rings is 2. The summed E-state index contributed by atoms with van der Waals surface area (Å²) in [7, 11) is 0. The van der Waals surface area contributed by atoms with Crippen molar-refractivity contribution in [1.29, 1.82) is 0 Å². The fourth-order valence-corrected chi connectivity index (χ4v) is 2.80. The van der Waals surface area contributed by atoms with Crippen LogP contribution in [0, 0.1) is 0 Å². The summed E-state index contributed by atoms with van der Waals surface area (Å²) in [6, 6.07) is 10.3. The van der Waals surface area contributed by atoms with Crippen molar-refractivity contribution in [1.82, 2.24) is 5.32 Å². The van der Waals surface area contributed by atoms with Crippen LogP contribution in [0.3, 0.4) is 0 Å². The van der Waals surface area contributed by atoms with E-state index >= 15 is 0 Å². The highest BCUT2D eigenvalue weighted by atomic mass is 19.4. The van der Waals surface area contributed by atoms with E-state index in [2.05, 4.69) is 5.32 Å². The lowest BCUT2D eigenvalue weighted by atomic mass is 9.84. The number of hydrogen-bond donors (Lipinski definition) is 1. The second kappa shape index (κ2) is 7.13. The maximum atomic E-state index is 12.6. The highest BCUT2D eigenvalue weighted by Gasteiger charge is 2.30. The first-order valence-electron chi connectivity index (χ1n) is 8.48. The van der Waals surface area contributed by atoms with Crippen molar-refractivity contribution in [2.45, 2.75) is 31.9 Å². The lowest BCUT2D eigenvalue weighted by Crippen LogP contribution is -2.37. The Hall–Kier alpha value is -2.70. The summed E-state index contributed by atoms with van der Waals surface area (Å²) in [5.74, 6) is 1.13. The van der Waals surface area contributed by atoms with Crippen LogP contribution in [0.15, 0.2) is 42.5 Å². The number of rotatable bonds is 5. The van der Waals surface area contributed by atoms with Crippen LogP contribution in [0.25, 0.3) is 0 Å². The van der Waals surface area contributed by atoms with Crippen LogP contribution in [0.1, 0.15) is 30.5 Å². The average molecular weight is 379 g/mol. The number of hydrogen-bond acceptors (Lipinski definition) is 3. The van der Waals surface area contributed by atoms with Gasteiger partial charge >= 0.3 is 6.18 Å². The summed E-state index contributed by atoms with van der Waals surface area (Å²) in [6.07, 6.45) is -4.36. The first-order chi connectivity index (χ1) is 12.6. The van der Waals surface area contributed by atoms with Gasteiger partial charge in [0.1, 0.15) is 0 Å². The molecule has 4 nitrogen and oxygen atoms in total. The van der Waals surface area contributed by atoms with Crippen molar-refractivity contribution in [3.63, 3.8) is 0 Å². The van der Waals surface area contributed by atoms with Gasteiger partial charge in [0, 0.05) is 12.0 Å².